The summed E-state index contributed by atoms with van der Waals surface area (Å²) in [5, 5.41) is 33.4. The van der Waals surface area contributed by atoms with Gasteiger partial charge < -0.3 is 4.57 Å². The van der Waals surface area contributed by atoms with Crippen molar-refractivity contribution in [2.75, 3.05) is 0 Å². The van der Waals surface area contributed by atoms with Crippen molar-refractivity contribution in [3.8, 4) is 40.8 Å². The molecule has 0 saturated carbocycles. The number of fused-ring (bicyclic) bond motifs is 6. The summed E-state index contributed by atoms with van der Waals surface area (Å²) in [5.74, 6) is 0.686. The first kappa shape index (κ1) is 25.1. The van der Waals surface area contributed by atoms with Crippen molar-refractivity contribution in [1.82, 2.24) is 14.1 Å². The van der Waals surface area contributed by atoms with Gasteiger partial charge in [0.1, 0.15) is 5.82 Å². The molecular weight excluding hydrogens is 540 g/mol. The lowest BCUT2D eigenvalue weighted by molar-refractivity contribution is 1.06. The number of hydrogen-bond donors (Lipinski definition) is 0. The summed E-state index contributed by atoms with van der Waals surface area (Å²) in [6.07, 6.45) is 1.86. The highest BCUT2D eigenvalue weighted by Gasteiger charge is 2.20. The van der Waals surface area contributed by atoms with Gasteiger partial charge in [-0.15, -0.1) is 0 Å². The third-order valence-electron chi connectivity index (χ3n) is 8.25. The van der Waals surface area contributed by atoms with Crippen LogP contribution in [0.5, 0.6) is 0 Å². The quantitative estimate of drug-likeness (QED) is 0.216. The van der Waals surface area contributed by atoms with Gasteiger partial charge in [0.05, 0.1) is 68.8 Å². The second-order valence-electron chi connectivity index (χ2n) is 10.6. The van der Waals surface area contributed by atoms with E-state index in [1.807, 2.05) is 91.1 Å². The molecule has 0 spiro atoms. The Labute approximate surface area is 252 Å². The van der Waals surface area contributed by atoms with Gasteiger partial charge in [-0.25, -0.2) is 4.98 Å². The van der Waals surface area contributed by atoms with E-state index in [4.69, 9.17) is 4.98 Å². The smallest absolute Gasteiger partial charge is 0.138 e. The summed E-state index contributed by atoms with van der Waals surface area (Å²) in [4.78, 5) is 5.05. The summed E-state index contributed by atoms with van der Waals surface area (Å²) in [6, 6.07) is 44.2. The topological polar surface area (TPSA) is 94.1 Å². The van der Waals surface area contributed by atoms with Crippen LogP contribution in [0.2, 0.25) is 0 Å². The molecule has 3 aromatic heterocycles. The molecule has 0 fully saturated rings. The van der Waals surface area contributed by atoms with Crippen molar-refractivity contribution in [2.45, 2.75) is 0 Å². The van der Waals surface area contributed by atoms with Gasteiger partial charge in [-0.05, 0) is 60.2 Å². The second-order valence-corrected chi connectivity index (χ2v) is 10.6. The zero-order chi connectivity index (χ0) is 29.8. The summed E-state index contributed by atoms with van der Waals surface area (Å²) in [6.45, 7) is 0. The van der Waals surface area contributed by atoms with E-state index in [1.165, 1.54) is 0 Å². The second kappa shape index (κ2) is 9.71. The molecule has 44 heavy (non-hydrogen) atoms. The highest BCUT2D eigenvalue weighted by Crippen LogP contribution is 2.39. The lowest BCUT2D eigenvalue weighted by atomic mass is 10.0. The molecule has 6 nitrogen and oxygen atoms in total. The molecule has 0 aliphatic rings. The molecule has 0 aliphatic carbocycles. The molecule has 0 amide bonds. The number of para-hydroxylation sites is 2. The molecule has 0 bridgehead atoms. The fraction of sp³-hybridized carbons (Fsp3) is 0. The SMILES string of the molecule is N#Cc1cccc(-c2cc(-n3c4ccccc4c4ccc(C#N)cc43)ncc2-n2c3ccccc3c3ccc(C#N)cc32)c1. The minimum Gasteiger partial charge on any atom is -0.307 e. The third kappa shape index (κ3) is 3.68. The van der Waals surface area contributed by atoms with Crippen LogP contribution in [0.3, 0.4) is 0 Å². The zero-order valence-corrected chi connectivity index (χ0v) is 23.2. The van der Waals surface area contributed by atoms with Crippen LogP contribution in [0.1, 0.15) is 16.7 Å². The molecule has 3 heterocycles. The fourth-order valence-corrected chi connectivity index (χ4v) is 6.31. The van der Waals surface area contributed by atoms with Gasteiger partial charge in [0.25, 0.3) is 0 Å². The first-order chi connectivity index (χ1) is 21.7. The molecule has 0 N–H and O–H groups in total. The van der Waals surface area contributed by atoms with E-state index in [2.05, 4.69) is 51.6 Å². The number of rotatable bonds is 3. The Bertz CT molecular complexity index is 2600. The number of hydrogen-bond acceptors (Lipinski definition) is 4. The summed E-state index contributed by atoms with van der Waals surface area (Å²) >= 11 is 0. The van der Waals surface area contributed by atoms with Gasteiger partial charge in [0.15, 0.2) is 0 Å². The first-order valence-electron chi connectivity index (χ1n) is 14.1. The van der Waals surface area contributed by atoms with Gasteiger partial charge in [-0.3, -0.25) is 4.57 Å². The van der Waals surface area contributed by atoms with Crippen LogP contribution in [-0.2, 0) is 0 Å². The number of pyridine rings is 1. The van der Waals surface area contributed by atoms with Crippen molar-refractivity contribution in [3.63, 3.8) is 0 Å². The normalized spacial score (nSPS) is 11.1. The predicted octanol–water partition coefficient (Wildman–Crippen LogP) is 8.56. The van der Waals surface area contributed by atoms with E-state index in [1.54, 1.807) is 6.07 Å². The number of nitrogens with zero attached hydrogens (tertiary/aromatic N) is 6. The van der Waals surface area contributed by atoms with Crippen LogP contribution >= 0.6 is 0 Å². The lowest BCUT2D eigenvalue weighted by Crippen LogP contribution is -2.03. The molecule has 202 valence electrons. The van der Waals surface area contributed by atoms with Gasteiger partial charge in [0, 0.05) is 27.1 Å². The Balaban J connectivity index is 1.50. The summed E-state index contributed by atoms with van der Waals surface area (Å²) in [7, 11) is 0. The highest BCUT2D eigenvalue weighted by atomic mass is 15.1. The monoisotopic (exact) mass is 560 g/mol. The average molecular weight is 561 g/mol. The van der Waals surface area contributed by atoms with Gasteiger partial charge >= 0.3 is 0 Å². The van der Waals surface area contributed by atoms with Crippen molar-refractivity contribution >= 4 is 43.6 Å². The third-order valence-corrected chi connectivity index (χ3v) is 8.25. The van der Waals surface area contributed by atoms with E-state index in [-0.39, 0.29) is 0 Å². The van der Waals surface area contributed by atoms with Crippen LogP contribution in [-0.4, -0.2) is 14.1 Å². The van der Waals surface area contributed by atoms with E-state index >= 15 is 0 Å². The van der Waals surface area contributed by atoms with Crippen LogP contribution in [0, 0.1) is 34.0 Å². The van der Waals surface area contributed by atoms with E-state index in [0.29, 0.717) is 22.5 Å². The van der Waals surface area contributed by atoms with Crippen LogP contribution in [0.25, 0.3) is 66.2 Å². The van der Waals surface area contributed by atoms with Crippen LogP contribution in [0.4, 0.5) is 0 Å². The van der Waals surface area contributed by atoms with Crippen molar-refractivity contribution in [3.05, 3.63) is 138 Å². The molecule has 6 heteroatoms. The minimum atomic E-state index is 0.552. The standard InChI is InChI=1S/C38H20N6/c39-20-24-6-5-7-27(16-24)32-19-38(44-34-11-4-2-9-29(34)31-15-13-26(22-41)18-36(31)44)42-23-37(32)43-33-10-3-1-8-28(33)30-14-12-25(21-40)17-35(30)43/h1-19,23H. The molecule has 0 aliphatic heterocycles. The van der Waals surface area contributed by atoms with Gasteiger partial charge in [-0.2, -0.15) is 15.8 Å². The molecule has 0 radical (unpaired) electrons. The highest BCUT2D eigenvalue weighted by molar-refractivity contribution is 6.11. The number of aromatic nitrogens is 3. The van der Waals surface area contributed by atoms with Crippen LogP contribution < -0.4 is 0 Å². The Hall–Kier alpha value is -6.68. The maximum Gasteiger partial charge on any atom is 0.138 e. The molecule has 5 aromatic carbocycles. The Morgan fingerprint density at radius 2 is 1.02 bits per heavy atom. The van der Waals surface area contributed by atoms with Gasteiger partial charge in [-0.1, -0.05) is 60.7 Å². The fourth-order valence-electron chi connectivity index (χ4n) is 6.31. The van der Waals surface area contributed by atoms with Crippen molar-refractivity contribution < 1.29 is 0 Å². The summed E-state index contributed by atoms with van der Waals surface area (Å²) < 4.78 is 4.24. The first-order valence-corrected chi connectivity index (χ1v) is 14.1. The minimum absolute atomic E-state index is 0.552. The molecule has 8 rings (SSSR count). The maximum atomic E-state index is 9.76. The lowest BCUT2D eigenvalue weighted by Gasteiger charge is -2.16. The Kier molecular flexibility index (Phi) is 5.53. The molecular formula is C38H20N6. The Morgan fingerprint density at radius 1 is 0.477 bits per heavy atom. The number of benzene rings is 5. The summed E-state index contributed by atoms with van der Waals surface area (Å²) in [5.41, 5.74) is 8.00. The largest absolute Gasteiger partial charge is 0.307 e. The van der Waals surface area contributed by atoms with Crippen molar-refractivity contribution in [2.24, 2.45) is 0 Å². The van der Waals surface area contributed by atoms with E-state index in [9.17, 15) is 15.8 Å². The Morgan fingerprint density at radius 3 is 1.66 bits per heavy atom. The predicted molar refractivity (Wildman–Crippen MR) is 172 cm³/mol. The van der Waals surface area contributed by atoms with E-state index < -0.39 is 0 Å². The molecule has 0 saturated heterocycles. The zero-order valence-electron chi connectivity index (χ0n) is 23.2. The van der Waals surface area contributed by atoms with Crippen LogP contribution in [0.15, 0.2) is 121 Å². The van der Waals surface area contributed by atoms with Gasteiger partial charge in [0.2, 0.25) is 0 Å². The molecule has 0 unspecified atom stereocenters. The van der Waals surface area contributed by atoms with Crippen molar-refractivity contribution in [1.29, 1.82) is 15.8 Å². The number of nitriles is 3. The molecule has 8 aromatic rings. The molecule has 0 atom stereocenters. The average Bonchev–Trinajstić information content (AvgIpc) is 3.60. The maximum absolute atomic E-state index is 9.76. The van der Waals surface area contributed by atoms with E-state index in [0.717, 1.165) is 60.4 Å².